The normalized spacial score (nSPS) is 11.2. The number of nitro groups is 1. The number of nitro benzene ring substituents is 1. The van der Waals surface area contributed by atoms with Crippen molar-refractivity contribution in [1.29, 1.82) is 5.26 Å². The molecule has 3 rings (SSSR count). The van der Waals surface area contributed by atoms with Gasteiger partial charge in [0, 0.05) is 28.7 Å². The van der Waals surface area contributed by atoms with Gasteiger partial charge in [-0.1, -0.05) is 17.7 Å². The second-order valence-corrected chi connectivity index (χ2v) is 6.28. The molecule has 0 N–H and O–H groups in total. The van der Waals surface area contributed by atoms with E-state index in [4.69, 9.17) is 9.68 Å². The average molecular weight is 364 g/mol. The molecule has 0 amide bonds. The fourth-order valence-electron chi connectivity index (χ4n) is 2.14. The number of non-ortho nitro benzene ring substituents is 1. The van der Waals surface area contributed by atoms with Crippen LogP contribution >= 0.6 is 11.8 Å². The van der Waals surface area contributed by atoms with E-state index < -0.39 is 4.92 Å². The van der Waals surface area contributed by atoms with Crippen LogP contribution in [0.4, 0.5) is 5.69 Å². The third-order valence-electron chi connectivity index (χ3n) is 3.46. The number of benzene rings is 2. The first-order valence-corrected chi connectivity index (χ1v) is 8.31. The minimum atomic E-state index is -0.476. The highest BCUT2D eigenvalue weighted by Gasteiger charge is 2.14. The van der Waals surface area contributed by atoms with E-state index in [9.17, 15) is 10.1 Å². The standard InChI is InChI=1S/C18H12N4O3S/c1-12-2-4-14(5-3-12)17-20-21-18(25-17)26-16(10-11-19)13-6-8-15(9-7-13)22(23)24/h2-10H,1H3/b16-10-. The van der Waals surface area contributed by atoms with Crippen molar-refractivity contribution in [2.45, 2.75) is 12.1 Å². The van der Waals surface area contributed by atoms with Crippen LogP contribution in [0.3, 0.4) is 0 Å². The summed E-state index contributed by atoms with van der Waals surface area (Å²) in [4.78, 5) is 10.8. The molecule has 1 heterocycles. The molecule has 3 aromatic rings. The van der Waals surface area contributed by atoms with Gasteiger partial charge in [0.2, 0.25) is 5.89 Å². The minimum Gasteiger partial charge on any atom is -0.411 e. The van der Waals surface area contributed by atoms with Crippen molar-refractivity contribution in [2.75, 3.05) is 0 Å². The molecule has 8 heteroatoms. The molecule has 26 heavy (non-hydrogen) atoms. The minimum absolute atomic E-state index is 0.0190. The van der Waals surface area contributed by atoms with Gasteiger partial charge in [0.1, 0.15) is 0 Å². The van der Waals surface area contributed by atoms with Crippen molar-refractivity contribution in [3.05, 3.63) is 75.8 Å². The van der Waals surface area contributed by atoms with E-state index in [2.05, 4.69) is 10.2 Å². The molecule has 0 bridgehead atoms. The molecule has 0 unspecified atom stereocenters. The Labute approximate surface area is 153 Å². The van der Waals surface area contributed by atoms with Crippen LogP contribution in [0, 0.1) is 28.4 Å². The Kier molecular flexibility index (Phi) is 5.10. The molecule has 0 fully saturated rings. The van der Waals surface area contributed by atoms with Crippen LogP contribution in [0.2, 0.25) is 0 Å². The molecule has 0 aliphatic rings. The van der Waals surface area contributed by atoms with E-state index in [0.717, 1.165) is 22.9 Å². The molecule has 2 aromatic carbocycles. The molecular weight excluding hydrogens is 352 g/mol. The third kappa shape index (κ3) is 3.96. The smallest absolute Gasteiger partial charge is 0.281 e. The van der Waals surface area contributed by atoms with E-state index in [1.807, 2.05) is 37.3 Å². The molecule has 0 aliphatic carbocycles. The average Bonchev–Trinajstić information content (AvgIpc) is 3.10. The molecule has 7 nitrogen and oxygen atoms in total. The Bertz CT molecular complexity index is 1000. The quantitative estimate of drug-likeness (QED) is 0.282. The number of aromatic nitrogens is 2. The van der Waals surface area contributed by atoms with Crippen molar-refractivity contribution >= 4 is 22.4 Å². The van der Waals surface area contributed by atoms with Gasteiger partial charge in [-0.3, -0.25) is 10.1 Å². The molecular formula is C18H12N4O3S. The maximum atomic E-state index is 10.8. The van der Waals surface area contributed by atoms with Gasteiger partial charge in [-0.2, -0.15) is 5.26 Å². The second-order valence-electron chi connectivity index (χ2n) is 5.28. The van der Waals surface area contributed by atoms with Crippen LogP contribution in [0.1, 0.15) is 11.1 Å². The van der Waals surface area contributed by atoms with E-state index in [0.29, 0.717) is 16.4 Å². The van der Waals surface area contributed by atoms with Gasteiger partial charge in [0.15, 0.2) is 0 Å². The predicted octanol–water partition coefficient (Wildman–Crippen LogP) is 4.61. The fourth-order valence-corrected chi connectivity index (χ4v) is 2.89. The maximum Gasteiger partial charge on any atom is 0.281 e. The largest absolute Gasteiger partial charge is 0.411 e. The molecule has 1 aromatic heterocycles. The summed E-state index contributed by atoms with van der Waals surface area (Å²) < 4.78 is 5.65. The number of thioether (sulfide) groups is 1. The molecule has 0 saturated carbocycles. The summed E-state index contributed by atoms with van der Waals surface area (Å²) in [6, 6.07) is 15.5. The molecule has 0 radical (unpaired) electrons. The van der Waals surface area contributed by atoms with Crippen molar-refractivity contribution in [1.82, 2.24) is 10.2 Å². The zero-order valence-electron chi connectivity index (χ0n) is 13.6. The van der Waals surface area contributed by atoms with E-state index in [1.165, 1.54) is 18.2 Å². The number of allylic oxidation sites excluding steroid dienone is 1. The number of aryl methyl sites for hydroxylation is 1. The molecule has 0 aliphatic heterocycles. The SMILES string of the molecule is Cc1ccc(-c2nnc(S/C(=C\C#N)c3ccc([N+](=O)[O-])cc3)o2)cc1. The van der Waals surface area contributed by atoms with Crippen molar-refractivity contribution in [3.63, 3.8) is 0 Å². The zero-order valence-corrected chi connectivity index (χ0v) is 14.4. The summed E-state index contributed by atoms with van der Waals surface area (Å²) in [5.41, 5.74) is 2.56. The monoisotopic (exact) mass is 364 g/mol. The van der Waals surface area contributed by atoms with E-state index in [1.54, 1.807) is 12.1 Å². The summed E-state index contributed by atoms with van der Waals surface area (Å²) >= 11 is 1.13. The summed E-state index contributed by atoms with van der Waals surface area (Å²) in [5, 5.41) is 28.1. The van der Waals surface area contributed by atoms with Gasteiger partial charge in [-0.15, -0.1) is 10.2 Å². The van der Waals surface area contributed by atoms with Gasteiger partial charge >= 0.3 is 0 Å². The van der Waals surface area contributed by atoms with Crippen molar-refractivity contribution < 1.29 is 9.34 Å². The Morgan fingerprint density at radius 2 is 1.88 bits per heavy atom. The molecule has 0 saturated heterocycles. The Morgan fingerprint density at radius 1 is 1.19 bits per heavy atom. The summed E-state index contributed by atoms with van der Waals surface area (Å²) in [6.45, 7) is 1.99. The van der Waals surface area contributed by atoms with Gasteiger partial charge in [0.05, 0.1) is 11.0 Å². The molecule has 128 valence electrons. The summed E-state index contributed by atoms with van der Waals surface area (Å²) in [5.74, 6) is 0.382. The number of nitriles is 1. The lowest BCUT2D eigenvalue weighted by molar-refractivity contribution is -0.384. The maximum absolute atomic E-state index is 10.8. The Balaban J connectivity index is 1.83. The molecule has 0 atom stereocenters. The predicted molar refractivity (Wildman–Crippen MR) is 97.0 cm³/mol. The van der Waals surface area contributed by atoms with Gasteiger partial charge in [-0.05, 0) is 48.5 Å². The van der Waals surface area contributed by atoms with Gasteiger partial charge < -0.3 is 4.42 Å². The van der Waals surface area contributed by atoms with Gasteiger partial charge in [-0.25, -0.2) is 0 Å². The number of nitrogens with zero attached hydrogens (tertiary/aromatic N) is 4. The van der Waals surface area contributed by atoms with Crippen LogP contribution in [0.15, 0.2) is 64.2 Å². The molecule has 0 spiro atoms. The first-order valence-electron chi connectivity index (χ1n) is 7.50. The topological polar surface area (TPSA) is 106 Å². The van der Waals surface area contributed by atoms with Crippen LogP contribution in [-0.2, 0) is 0 Å². The highest BCUT2D eigenvalue weighted by Crippen LogP contribution is 2.35. The Morgan fingerprint density at radius 3 is 2.50 bits per heavy atom. The highest BCUT2D eigenvalue weighted by molar-refractivity contribution is 8.08. The first-order chi connectivity index (χ1) is 12.6. The number of hydrogen-bond donors (Lipinski definition) is 0. The Hall–Kier alpha value is -3.44. The van der Waals surface area contributed by atoms with Crippen LogP contribution < -0.4 is 0 Å². The van der Waals surface area contributed by atoms with E-state index in [-0.39, 0.29) is 10.9 Å². The van der Waals surface area contributed by atoms with Crippen molar-refractivity contribution in [3.8, 4) is 17.5 Å². The van der Waals surface area contributed by atoms with Crippen LogP contribution in [-0.4, -0.2) is 15.1 Å². The highest BCUT2D eigenvalue weighted by atomic mass is 32.2. The van der Waals surface area contributed by atoms with Crippen LogP contribution in [0.25, 0.3) is 16.4 Å². The van der Waals surface area contributed by atoms with Crippen molar-refractivity contribution in [2.24, 2.45) is 0 Å². The fraction of sp³-hybridized carbons (Fsp3) is 0.0556. The van der Waals surface area contributed by atoms with E-state index >= 15 is 0 Å². The second kappa shape index (κ2) is 7.63. The lowest BCUT2D eigenvalue weighted by Crippen LogP contribution is -1.88. The number of rotatable bonds is 5. The summed E-state index contributed by atoms with van der Waals surface area (Å²) in [6.07, 6.45) is 1.33. The summed E-state index contributed by atoms with van der Waals surface area (Å²) in [7, 11) is 0. The lowest BCUT2D eigenvalue weighted by atomic mass is 10.1. The lowest BCUT2D eigenvalue weighted by Gasteiger charge is -2.02. The van der Waals surface area contributed by atoms with Crippen LogP contribution in [0.5, 0.6) is 0 Å². The first kappa shape index (κ1) is 17.4. The third-order valence-corrected chi connectivity index (χ3v) is 4.37. The van der Waals surface area contributed by atoms with Gasteiger partial charge in [0.25, 0.3) is 10.9 Å². The zero-order chi connectivity index (χ0) is 18.5. The number of hydrogen-bond acceptors (Lipinski definition) is 7.